The van der Waals surface area contributed by atoms with Gasteiger partial charge in [-0.1, -0.05) is 0 Å². The summed E-state index contributed by atoms with van der Waals surface area (Å²) in [6.45, 7) is 1.08. The summed E-state index contributed by atoms with van der Waals surface area (Å²) >= 11 is 0. The van der Waals surface area contributed by atoms with Gasteiger partial charge < -0.3 is 20.6 Å². The summed E-state index contributed by atoms with van der Waals surface area (Å²) in [6.07, 6.45) is 0. The van der Waals surface area contributed by atoms with E-state index in [1.165, 1.54) is 17.0 Å². The number of urea groups is 1. The number of anilines is 1. The SMILES string of the molecule is CNCCN(C)C(=O)Nc1ccc(C(=O)O)cc1F. The summed E-state index contributed by atoms with van der Waals surface area (Å²) in [6, 6.07) is 2.86. The number of nitrogens with zero attached hydrogens (tertiary/aromatic N) is 1. The molecule has 2 amide bonds. The summed E-state index contributed by atoms with van der Waals surface area (Å²) in [5.74, 6) is -2.00. The van der Waals surface area contributed by atoms with Crippen molar-refractivity contribution in [2.45, 2.75) is 0 Å². The second kappa shape index (κ2) is 6.69. The van der Waals surface area contributed by atoms with Gasteiger partial charge in [0.25, 0.3) is 0 Å². The highest BCUT2D eigenvalue weighted by Gasteiger charge is 2.13. The molecule has 0 saturated heterocycles. The predicted molar refractivity (Wildman–Crippen MR) is 68.9 cm³/mol. The minimum atomic E-state index is -1.22. The number of benzene rings is 1. The van der Waals surface area contributed by atoms with E-state index in [9.17, 15) is 14.0 Å². The Hall–Kier alpha value is -2.15. The lowest BCUT2D eigenvalue weighted by Gasteiger charge is -2.18. The Morgan fingerprint density at radius 1 is 1.42 bits per heavy atom. The van der Waals surface area contributed by atoms with Crippen molar-refractivity contribution in [3.05, 3.63) is 29.6 Å². The van der Waals surface area contributed by atoms with Crippen LogP contribution in [-0.4, -0.2) is 49.2 Å². The third kappa shape index (κ3) is 4.22. The average Bonchev–Trinajstić information content (AvgIpc) is 2.37. The van der Waals surface area contributed by atoms with Gasteiger partial charge in [0, 0.05) is 20.1 Å². The maximum atomic E-state index is 13.6. The molecule has 0 fully saturated rings. The van der Waals surface area contributed by atoms with Crippen molar-refractivity contribution in [3.8, 4) is 0 Å². The normalized spacial score (nSPS) is 10.1. The first-order chi connectivity index (χ1) is 8.95. The van der Waals surface area contributed by atoms with Gasteiger partial charge in [0.2, 0.25) is 0 Å². The van der Waals surface area contributed by atoms with Crippen LogP contribution in [0.25, 0.3) is 0 Å². The van der Waals surface area contributed by atoms with Gasteiger partial charge in [-0.05, 0) is 25.2 Å². The number of carbonyl (C=O) groups excluding carboxylic acids is 1. The minimum Gasteiger partial charge on any atom is -0.478 e. The zero-order chi connectivity index (χ0) is 14.4. The molecule has 1 aromatic rings. The van der Waals surface area contributed by atoms with Crippen molar-refractivity contribution in [2.75, 3.05) is 32.5 Å². The second-order valence-corrected chi connectivity index (χ2v) is 3.96. The minimum absolute atomic E-state index is 0.0497. The lowest BCUT2D eigenvalue weighted by molar-refractivity contribution is 0.0696. The van der Waals surface area contributed by atoms with Gasteiger partial charge in [-0.15, -0.1) is 0 Å². The molecule has 7 heteroatoms. The average molecular weight is 269 g/mol. The molecule has 104 valence electrons. The first kappa shape index (κ1) is 14.9. The van der Waals surface area contributed by atoms with E-state index >= 15 is 0 Å². The van der Waals surface area contributed by atoms with E-state index in [-0.39, 0.29) is 11.3 Å². The van der Waals surface area contributed by atoms with Crippen LogP contribution in [0, 0.1) is 5.82 Å². The molecule has 0 spiro atoms. The molecule has 0 radical (unpaired) electrons. The van der Waals surface area contributed by atoms with Crippen LogP contribution in [0.3, 0.4) is 0 Å². The zero-order valence-electron chi connectivity index (χ0n) is 10.7. The second-order valence-electron chi connectivity index (χ2n) is 3.96. The Morgan fingerprint density at radius 2 is 2.11 bits per heavy atom. The third-order valence-corrected chi connectivity index (χ3v) is 2.50. The van der Waals surface area contributed by atoms with E-state index in [0.717, 1.165) is 6.07 Å². The van der Waals surface area contributed by atoms with Gasteiger partial charge in [0.1, 0.15) is 5.82 Å². The fourth-order valence-corrected chi connectivity index (χ4v) is 1.34. The standard InChI is InChI=1S/C12H16FN3O3/c1-14-5-6-16(2)12(19)15-10-4-3-8(11(17)18)7-9(10)13/h3-4,7,14H,5-6H2,1-2H3,(H,15,19)(H,17,18). The third-order valence-electron chi connectivity index (χ3n) is 2.50. The predicted octanol–water partition coefficient (Wildman–Crippen LogP) is 1.21. The number of likely N-dealkylation sites (N-methyl/N-ethyl adjacent to an activating group) is 2. The van der Waals surface area contributed by atoms with Crippen molar-refractivity contribution in [1.29, 1.82) is 0 Å². The van der Waals surface area contributed by atoms with Crippen LogP contribution in [0.1, 0.15) is 10.4 Å². The van der Waals surface area contributed by atoms with Crippen LogP contribution in [0.15, 0.2) is 18.2 Å². The number of carboxylic acids is 1. The quantitative estimate of drug-likeness (QED) is 0.750. The van der Waals surface area contributed by atoms with Gasteiger partial charge >= 0.3 is 12.0 Å². The van der Waals surface area contributed by atoms with Crippen molar-refractivity contribution in [3.63, 3.8) is 0 Å². The van der Waals surface area contributed by atoms with Crippen molar-refractivity contribution < 1.29 is 19.1 Å². The number of rotatable bonds is 5. The molecule has 6 nitrogen and oxygen atoms in total. The van der Waals surface area contributed by atoms with Crippen molar-refractivity contribution in [1.82, 2.24) is 10.2 Å². The molecule has 0 aliphatic carbocycles. The number of halogens is 1. The van der Waals surface area contributed by atoms with E-state index in [2.05, 4.69) is 10.6 Å². The molecule has 19 heavy (non-hydrogen) atoms. The lowest BCUT2D eigenvalue weighted by Crippen LogP contribution is -2.36. The Labute approximate surface area is 110 Å². The number of hydrogen-bond donors (Lipinski definition) is 3. The molecule has 0 bridgehead atoms. The number of carbonyl (C=O) groups is 2. The Balaban J connectivity index is 2.72. The highest BCUT2D eigenvalue weighted by Crippen LogP contribution is 2.16. The Bertz CT molecular complexity index is 479. The molecule has 0 unspecified atom stereocenters. The van der Waals surface area contributed by atoms with Gasteiger partial charge in [-0.3, -0.25) is 0 Å². The topological polar surface area (TPSA) is 81.7 Å². The molecule has 0 saturated carbocycles. The zero-order valence-corrected chi connectivity index (χ0v) is 10.7. The Kier molecular flexibility index (Phi) is 5.25. The largest absolute Gasteiger partial charge is 0.478 e. The highest BCUT2D eigenvalue weighted by atomic mass is 19.1. The van der Waals surface area contributed by atoms with E-state index in [4.69, 9.17) is 5.11 Å². The number of hydrogen-bond acceptors (Lipinski definition) is 3. The summed E-state index contributed by atoms with van der Waals surface area (Å²) in [4.78, 5) is 23.7. The van der Waals surface area contributed by atoms with Gasteiger partial charge in [-0.25, -0.2) is 14.0 Å². The van der Waals surface area contributed by atoms with Gasteiger partial charge in [0.05, 0.1) is 11.3 Å². The van der Waals surface area contributed by atoms with Crippen LogP contribution >= 0.6 is 0 Å². The first-order valence-electron chi connectivity index (χ1n) is 5.65. The number of carboxylic acid groups (broad SMARTS) is 1. The van der Waals surface area contributed by atoms with Crippen molar-refractivity contribution >= 4 is 17.7 Å². The molecule has 0 aromatic heterocycles. The molecule has 0 aliphatic rings. The smallest absolute Gasteiger partial charge is 0.335 e. The van der Waals surface area contributed by atoms with E-state index < -0.39 is 17.8 Å². The summed E-state index contributed by atoms with van der Waals surface area (Å²) < 4.78 is 13.6. The first-order valence-corrected chi connectivity index (χ1v) is 5.65. The summed E-state index contributed by atoms with van der Waals surface area (Å²) in [7, 11) is 3.34. The van der Waals surface area contributed by atoms with E-state index in [1.807, 2.05) is 0 Å². The number of amides is 2. The lowest BCUT2D eigenvalue weighted by atomic mass is 10.2. The van der Waals surface area contributed by atoms with Crippen LogP contribution < -0.4 is 10.6 Å². The molecule has 1 aromatic carbocycles. The fourth-order valence-electron chi connectivity index (χ4n) is 1.34. The van der Waals surface area contributed by atoms with E-state index in [1.54, 1.807) is 14.1 Å². The maximum Gasteiger partial charge on any atom is 0.335 e. The van der Waals surface area contributed by atoms with E-state index in [0.29, 0.717) is 13.1 Å². The molecule has 0 atom stereocenters. The maximum absolute atomic E-state index is 13.6. The van der Waals surface area contributed by atoms with Gasteiger partial charge in [-0.2, -0.15) is 0 Å². The fraction of sp³-hybridized carbons (Fsp3) is 0.333. The molecule has 0 aliphatic heterocycles. The number of nitrogens with one attached hydrogen (secondary N) is 2. The molecular formula is C12H16FN3O3. The summed E-state index contributed by atoms with van der Waals surface area (Å²) in [5, 5.41) is 14.0. The Morgan fingerprint density at radius 3 is 2.63 bits per heavy atom. The monoisotopic (exact) mass is 269 g/mol. The summed E-state index contributed by atoms with van der Waals surface area (Å²) in [5.41, 5.74) is -0.217. The van der Waals surface area contributed by atoms with Crippen LogP contribution in [-0.2, 0) is 0 Å². The van der Waals surface area contributed by atoms with Gasteiger partial charge in [0.15, 0.2) is 0 Å². The van der Waals surface area contributed by atoms with Crippen LogP contribution in [0.5, 0.6) is 0 Å². The molecule has 1 rings (SSSR count). The number of aromatic carboxylic acids is 1. The molecule has 3 N–H and O–H groups in total. The van der Waals surface area contributed by atoms with Crippen LogP contribution in [0.4, 0.5) is 14.9 Å². The highest BCUT2D eigenvalue weighted by molar-refractivity contribution is 5.91. The molecular weight excluding hydrogens is 253 g/mol. The van der Waals surface area contributed by atoms with Crippen LogP contribution in [0.2, 0.25) is 0 Å². The molecule has 0 heterocycles. The van der Waals surface area contributed by atoms with Crippen molar-refractivity contribution in [2.24, 2.45) is 0 Å².